The minimum Gasteiger partial charge on any atom is -0.271 e. The van der Waals surface area contributed by atoms with Crippen LogP contribution in [0.5, 0.6) is 0 Å². The standard InChI is InChI=1S/C10H11ClF4N2/c11-9-6(2-1-3-8(9)12)4-7(17-16)5-10(13,14)15/h1-3,7,17H,4-5,16H2. The SMILES string of the molecule is NNC(Cc1cccc(F)c1Cl)CC(F)(F)F. The molecule has 0 saturated carbocycles. The van der Waals surface area contributed by atoms with Crippen LogP contribution in [0.1, 0.15) is 12.0 Å². The van der Waals surface area contributed by atoms with Gasteiger partial charge in [0.25, 0.3) is 0 Å². The average molecular weight is 271 g/mol. The first kappa shape index (κ1) is 14.2. The molecule has 0 spiro atoms. The van der Waals surface area contributed by atoms with Crippen LogP contribution in [0.3, 0.4) is 0 Å². The molecule has 17 heavy (non-hydrogen) atoms. The van der Waals surface area contributed by atoms with E-state index in [9.17, 15) is 17.6 Å². The highest BCUT2D eigenvalue weighted by Crippen LogP contribution is 2.26. The lowest BCUT2D eigenvalue weighted by molar-refractivity contribution is -0.140. The molecule has 0 aromatic heterocycles. The Labute approximate surface area is 101 Å². The molecule has 3 N–H and O–H groups in total. The summed E-state index contributed by atoms with van der Waals surface area (Å²) in [7, 11) is 0. The number of nitrogens with two attached hydrogens (primary N) is 1. The molecule has 1 aromatic rings. The maximum atomic E-state index is 13.1. The zero-order valence-electron chi connectivity index (χ0n) is 8.69. The first-order chi connectivity index (χ1) is 7.83. The molecule has 0 aliphatic rings. The van der Waals surface area contributed by atoms with E-state index in [4.69, 9.17) is 17.4 Å². The van der Waals surface area contributed by atoms with E-state index < -0.39 is 24.5 Å². The van der Waals surface area contributed by atoms with E-state index in [2.05, 4.69) is 5.43 Å². The van der Waals surface area contributed by atoms with Crippen molar-refractivity contribution in [3.8, 4) is 0 Å². The summed E-state index contributed by atoms with van der Waals surface area (Å²) in [6.45, 7) is 0. The summed E-state index contributed by atoms with van der Waals surface area (Å²) in [4.78, 5) is 0. The number of hydrogen-bond donors (Lipinski definition) is 2. The van der Waals surface area contributed by atoms with Crippen LogP contribution in [0.2, 0.25) is 5.02 Å². The summed E-state index contributed by atoms with van der Waals surface area (Å²) in [5, 5.41) is -0.171. The van der Waals surface area contributed by atoms with Crippen LogP contribution in [0.4, 0.5) is 17.6 Å². The second-order valence-electron chi connectivity index (χ2n) is 3.60. The Morgan fingerprint density at radius 2 is 2.00 bits per heavy atom. The third-order valence-corrected chi connectivity index (χ3v) is 2.63. The fraction of sp³-hybridized carbons (Fsp3) is 0.400. The van der Waals surface area contributed by atoms with E-state index in [0.717, 1.165) is 6.07 Å². The maximum Gasteiger partial charge on any atom is 0.390 e. The van der Waals surface area contributed by atoms with Crippen molar-refractivity contribution in [3.05, 3.63) is 34.6 Å². The summed E-state index contributed by atoms with van der Waals surface area (Å²) in [6.07, 6.45) is -5.53. The smallest absolute Gasteiger partial charge is 0.271 e. The van der Waals surface area contributed by atoms with Gasteiger partial charge in [0.15, 0.2) is 0 Å². The van der Waals surface area contributed by atoms with Crippen molar-refractivity contribution in [2.75, 3.05) is 0 Å². The zero-order valence-corrected chi connectivity index (χ0v) is 9.45. The molecule has 0 saturated heterocycles. The van der Waals surface area contributed by atoms with Crippen molar-refractivity contribution in [3.63, 3.8) is 0 Å². The van der Waals surface area contributed by atoms with Crippen LogP contribution < -0.4 is 11.3 Å². The Morgan fingerprint density at radius 3 is 2.53 bits per heavy atom. The first-order valence-electron chi connectivity index (χ1n) is 4.79. The number of benzene rings is 1. The number of hydrogen-bond acceptors (Lipinski definition) is 2. The minimum atomic E-state index is -4.34. The number of halogens is 5. The molecular formula is C10H11ClF4N2. The van der Waals surface area contributed by atoms with Crippen molar-refractivity contribution in [1.29, 1.82) is 0 Å². The Morgan fingerprint density at radius 1 is 1.35 bits per heavy atom. The minimum absolute atomic E-state index is 0.0907. The Kier molecular flexibility index (Phi) is 4.73. The predicted molar refractivity (Wildman–Crippen MR) is 56.9 cm³/mol. The largest absolute Gasteiger partial charge is 0.390 e. The second-order valence-corrected chi connectivity index (χ2v) is 3.98. The molecule has 2 nitrogen and oxygen atoms in total. The van der Waals surface area contributed by atoms with Gasteiger partial charge < -0.3 is 0 Å². The lowest BCUT2D eigenvalue weighted by Gasteiger charge is -2.18. The molecule has 1 rings (SSSR count). The van der Waals surface area contributed by atoms with Crippen LogP contribution in [0.25, 0.3) is 0 Å². The van der Waals surface area contributed by atoms with Crippen molar-refractivity contribution in [2.24, 2.45) is 5.84 Å². The monoisotopic (exact) mass is 270 g/mol. The number of rotatable bonds is 4. The lowest BCUT2D eigenvalue weighted by Crippen LogP contribution is -2.40. The van der Waals surface area contributed by atoms with Gasteiger partial charge in [-0.1, -0.05) is 23.7 Å². The summed E-state index contributed by atoms with van der Waals surface area (Å²) in [5.41, 5.74) is 2.34. The fourth-order valence-electron chi connectivity index (χ4n) is 1.44. The van der Waals surface area contributed by atoms with Crippen LogP contribution in [0, 0.1) is 5.82 Å². The predicted octanol–water partition coefficient (Wildman–Crippen LogP) is 2.81. The zero-order chi connectivity index (χ0) is 13.1. The topological polar surface area (TPSA) is 38.0 Å². The van der Waals surface area contributed by atoms with Crippen molar-refractivity contribution in [1.82, 2.24) is 5.43 Å². The molecule has 0 amide bonds. The molecule has 0 fully saturated rings. The summed E-state index contributed by atoms with van der Waals surface area (Å²) >= 11 is 5.64. The number of alkyl halides is 3. The van der Waals surface area contributed by atoms with E-state index in [1.165, 1.54) is 12.1 Å². The third kappa shape index (κ3) is 4.49. The highest BCUT2D eigenvalue weighted by Gasteiger charge is 2.31. The van der Waals surface area contributed by atoms with Crippen molar-refractivity contribution < 1.29 is 17.6 Å². The molecule has 7 heteroatoms. The molecule has 0 aliphatic heterocycles. The van der Waals surface area contributed by atoms with E-state index in [0.29, 0.717) is 5.56 Å². The summed E-state index contributed by atoms with van der Waals surface area (Å²) < 4.78 is 49.6. The van der Waals surface area contributed by atoms with Gasteiger partial charge in [-0.15, -0.1) is 0 Å². The quantitative estimate of drug-likeness (QED) is 0.502. The highest BCUT2D eigenvalue weighted by molar-refractivity contribution is 6.31. The average Bonchev–Trinajstić information content (AvgIpc) is 2.21. The number of hydrazine groups is 1. The van der Waals surface area contributed by atoms with Crippen molar-refractivity contribution in [2.45, 2.75) is 25.1 Å². The normalized spacial score (nSPS) is 13.8. The van der Waals surface area contributed by atoms with E-state index in [-0.39, 0.29) is 11.4 Å². The highest BCUT2D eigenvalue weighted by atomic mass is 35.5. The van der Waals surface area contributed by atoms with Crippen LogP contribution in [-0.2, 0) is 6.42 Å². The van der Waals surface area contributed by atoms with Gasteiger partial charge in [0.1, 0.15) is 5.82 Å². The second kappa shape index (κ2) is 5.66. The van der Waals surface area contributed by atoms with E-state index >= 15 is 0 Å². The lowest BCUT2D eigenvalue weighted by atomic mass is 10.0. The van der Waals surface area contributed by atoms with Gasteiger partial charge in [-0.25, -0.2) is 4.39 Å². The van der Waals surface area contributed by atoms with Crippen LogP contribution >= 0.6 is 11.6 Å². The first-order valence-corrected chi connectivity index (χ1v) is 5.17. The van der Waals surface area contributed by atoms with Crippen molar-refractivity contribution >= 4 is 11.6 Å². The molecule has 0 heterocycles. The fourth-order valence-corrected chi connectivity index (χ4v) is 1.64. The Hall–Kier alpha value is -0.850. The molecular weight excluding hydrogens is 260 g/mol. The molecule has 0 aliphatic carbocycles. The van der Waals surface area contributed by atoms with Gasteiger partial charge in [0.2, 0.25) is 0 Å². The van der Waals surface area contributed by atoms with E-state index in [1.54, 1.807) is 0 Å². The van der Waals surface area contributed by atoms with Gasteiger partial charge in [0.05, 0.1) is 11.4 Å². The molecule has 1 atom stereocenters. The summed E-state index contributed by atoms with van der Waals surface area (Å²) in [5.74, 6) is 4.37. The molecule has 1 aromatic carbocycles. The van der Waals surface area contributed by atoms with Gasteiger partial charge >= 0.3 is 6.18 Å². The Bertz CT molecular complexity index is 381. The van der Waals surface area contributed by atoms with E-state index in [1.807, 2.05) is 0 Å². The molecule has 0 bridgehead atoms. The number of nitrogens with one attached hydrogen (secondary N) is 1. The third-order valence-electron chi connectivity index (χ3n) is 2.21. The molecule has 96 valence electrons. The molecule has 0 radical (unpaired) electrons. The molecule has 1 unspecified atom stereocenters. The van der Waals surface area contributed by atoms with Crippen LogP contribution in [0.15, 0.2) is 18.2 Å². The Balaban J connectivity index is 2.77. The van der Waals surface area contributed by atoms with Gasteiger partial charge in [0, 0.05) is 6.04 Å². The summed E-state index contributed by atoms with van der Waals surface area (Å²) in [6, 6.07) is 2.96. The maximum absolute atomic E-state index is 13.1. The van der Waals surface area contributed by atoms with Crippen LogP contribution in [-0.4, -0.2) is 12.2 Å². The van der Waals surface area contributed by atoms with Gasteiger partial charge in [-0.3, -0.25) is 11.3 Å². The van der Waals surface area contributed by atoms with Gasteiger partial charge in [-0.2, -0.15) is 13.2 Å². The van der Waals surface area contributed by atoms with Gasteiger partial charge in [-0.05, 0) is 18.1 Å².